The van der Waals surface area contributed by atoms with E-state index in [1.807, 2.05) is 6.20 Å². The number of likely N-dealkylation sites (N-methyl/N-ethyl adjacent to an activating group) is 1. The topological polar surface area (TPSA) is 33.1 Å². The lowest BCUT2D eigenvalue weighted by Gasteiger charge is -2.45. The Labute approximate surface area is 128 Å². The van der Waals surface area contributed by atoms with Crippen LogP contribution in [-0.4, -0.2) is 39.9 Å². The Morgan fingerprint density at radius 2 is 1.90 bits per heavy atom. The van der Waals surface area contributed by atoms with Gasteiger partial charge in [0.2, 0.25) is 0 Å². The van der Waals surface area contributed by atoms with Gasteiger partial charge in [-0.15, -0.1) is 0 Å². The van der Waals surface area contributed by atoms with E-state index in [0.717, 1.165) is 13.1 Å². The first kappa shape index (κ1) is 15.0. The summed E-state index contributed by atoms with van der Waals surface area (Å²) in [4.78, 5) is 2.79. The first-order chi connectivity index (χ1) is 10.3. The zero-order valence-electron chi connectivity index (χ0n) is 13.6. The molecule has 2 heterocycles. The largest absolute Gasteiger partial charge is 0.307 e. The molecule has 1 aliphatic carbocycles. The molecule has 0 radical (unpaired) electrons. The number of aryl methyl sites for hydroxylation is 1. The van der Waals surface area contributed by atoms with Crippen molar-refractivity contribution in [3.8, 4) is 0 Å². The Morgan fingerprint density at radius 1 is 1.19 bits per heavy atom. The lowest BCUT2D eigenvalue weighted by molar-refractivity contribution is 0.0734. The fourth-order valence-corrected chi connectivity index (χ4v) is 4.56. The van der Waals surface area contributed by atoms with Crippen LogP contribution in [0.3, 0.4) is 0 Å². The van der Waals surface area contributed by atoms with Gasteiger partial charge in [0.1, 0.15) is 0 Å². The number of hydrogen-bond donors (Lipinski definition) is 1. The summed E-state index contributed by atoms with van der Waals surface area (Å²) < 4.78 is 2.18. The van der Waals surface area contributed by atoms with Crippen LogP contribution < -0.4 is 5.32 Å². The maximum absolute atomic E-state index is 4.53. The van der Waals surface area contributed by atoms with E-state index < -0.39 is 0 Å². The number of nitrogens with zero attached hydrogens (tertiary/aromatic N) is 3. The van der Waals surface area contributed by atoms with Crippen molar-refractivity contribution < 1.29 is 0 Å². The smallest absolute Gasteiger partial charge is 0.0678 e. The molecule has 1 N–H and O–H groups in total. The molecular weight excluding hydrogens is 260 g/mol. The van der Waals surface area contributed by atoms with E-state index in [4.69, 9.17) is 0 Å². The number of rotatable bonds is 6. The van der Waals surface area contributed by atoms with Gasteiger partial charge < -0.3 is 5.32 Å². The van der Waals surface area contributed by atoms with Gasteiger partial charge in [0.15, 0.2) is 0 Å². The summed E-state index contributed by atoms with van der Waals surface area (Å²) >= 11 is 0. The van der Waals surface area contributed by atoms with Crippen molar-refractivity contribution in [2.75, 3.05) is 19.6 Å². The Balaban J connectivity index is 1.96. The second kappa shape index (κ2) is 6.49. The van der Waals surface area contributed by atoms with Crippen LogP contribution in [0.5, 0.6) is 0 Å². The zero-order chi connectivity index (χ0) is 14.7. The fourth-order valence-electron chi connectivity index (χ4n) is 4.56. The minimum atomic E-state index is 0.319. The predicted octanol–water partition coefficient (Wildman–Crippen LogP) is 2.96. The first-order valence-electron chi connectivity index (χ1n) is 8.82. The first-order valence-corrected chi connectivity index (χ1v) is 8.82. The molecule has 1 atom stereocenters. The fraction of sp³-hybridized carbons (Fsp3) is 0.824. The van der Waals surface area contributed by atoms with Crippen LogP contribution in [-0.2, 0) is 6.54 Å². The van der Waals surface area contributed by atoms with Gasteiger partial charge in [0.05, 0.1) is 11.7 Å². The molecule has 3 rings (SSSR count). The molecule has 1 aromatic rings. The van der Waals surface area contributed by atoms with Crippen molar-refractivity contribution in [2.24, 2.45) is 0 Å². The van der Waals surface area contributed by atoms with Gasteiger partial charge >= 0.3 is 0 Å². The van der Waals surface area contributed by atoms with Crippen molar-refractivity contribution in [3.05, 3.63) is 18.0 Å². The molecule has 1 saturated heterocycles. The molecule has 0 spiro atoms. The third-order valence-electron chi connectivity index (χ3n) is 5.50. The molecule has 1 aromatic heterocycles. The highest BCUT2D eigenvalue weighted by Gasteiger charge is 2.47. The summed E-state index contributed by atoms with van der Waals surface area (Å²) in [5.41, 5.74) is 1.70. The van der Waals surface area contributed by atoms with Gasteiger partial charge in [0.25, 0.3) is 0 Å². The van der Waals surface area contributed by atoms with Gasteiger partial charge in [-0.05, 0) is 58.3 Å². The van der Waals surface area contributed by atoms with Crippen LogP contribution in [0.15, 0.2) is 12.3 Å². The number of nitrogens with one attached hydrogen (secondary N) is 1. The molecule has 0 aromatic carbocycles. The summed E-state index contributed by atoms with van der Waals surface area (Å²) in [6, 6.07) is 2.65. The highest BCUT2D eigenvalue weighted by atomic mass is 15.3. The van der Waals surface area contributed by atoms with E-state index in [0.29, 0.717) is 11.6 Å². The maximum atomic E-state index is 4.53. The van der Waals surface area contributed by atoms with Crippen molar-refractivity contribution in [1.82, 2.24) is 20.0 Å². The van der Waals surface area contributed by atoms with Gasteiger partial charge in [-0.2, -0.15) is 5.10 Å². The molecule has 1 unspecified atom stereocenters. The van der Waals surface area contributed by atoms with Crippen LogP contribution in [0.2, 0.25) is 0 Å². The molecule has 1 saturated carbocycles. The Morgan fingerprint density at radius 3 is 2.52 bits per heavy atom. The molecule has 21 heavy (non-hydrogen) atoms. The quantitative estimate of drug-likeness (QED) is 0.874. The van der Waals surface area contributed by atoms with Crippen molar-refractivity contribution in [1.29, 1.82) is 0 Å². The van der Waals surface area contributed by atoms with Gasteiger partial charge in [-0.1, -0.05) is 19.8 Å². The van der Waals surface area contributed by atoms with Crippen LogP contribution in [0.1, 0.15) is 64.1 Å². The van der Waals surface area contributed by atoms with Gasteiger partial charge in [0, 0.05) is 18.3 Å². The van der Waals surface area contributed by atoms with E-state index in [1.165, 1.54) is 57.3 Å². The molecule has 1 aliphatic heterocycles. The second-order valence-corrected chi connectivity index (χ2v) is 6.57. The van der Waals surface area contributed by atoms with Gasteiger partial charge in [-0.25, -0.2) is 0 Å². The van der Waals surface area contributed by atoms with Crippen molar-refractivity contribution >= 4 is 0 Å². The highest BCUT2D eigenvalue weighted by Crippen LogP contribution is 2.45. The number of hydrogen-bond acceptors (Lipinski definition) is 3. The molecule has 0 bridgehead atoms. The Hall–Kier alpha value is -0.870. The normalized spacial score (nSPS) is 23.7. The molecular formula is C17H30N4. The molecule has 118 valence electrons. The summed E-state index contributed by atoms with van der Waals surface area (Å²) in [6.07, 6.45) is 10.1. The van der Waals surface area contributed by atoms with E-state index in [2.05, 4.69) is 39.9 Å². The summed E-state index contributed by atoms with van der Waals surface area (Å²) in [7, 11) is 0. The van der Waals surface area contributed by atoms with E-state index >= 15 is 0 Å². The Kier molecular flexibility index (Phi) is 4.65. The zero-order valence-corrected chi connectivity index (χ0v) is 13.6. The monoisotopic (exact) mass is 290 g/mol. The minimum Gasteiger partial charge on any atom is -0.307 e. The standard InChI is InChI=1S/C17H30N4/c1-3-18-16(15-9-12-19-21(15)4-2)17(10-5-6-11-17)20-13-7-8-14-20/h9,12,16,18H,3-8,10-11,13-14H2,1-2H3. The molecule has 2 aliphatic rings. The molecule has 2 fully saturated rings. The Bertz CT molecular complexity index is 441. The van der Waals surface area contributed by atoms with E-state index in [-0.39, 0.29) is 0 Å². The molecule has 0 amide bonds. The van der Waals surface area contributed by atoms with E-state index in [9.17, 15) is 0 Å². The number of aromatic nitrogens is 2. The second-order valence-electron chi connectivity index (χ2n) is 6.57. The van der Waals surface area contributed by atoms with Crippen LogP contribution in [0.4, 0.5) is 0 Å². The minimum absolute atomic E-state index is 0.319. The van der Waals surface area contributed by atoms with Crippen molar-refractivity contribution in [2.45, 2.75) is 70.5 Å². The van der Waals surface area contributed by atoms with Crippen molar-refractivity contribution in [3.63, 3.8) is 0 Å². The average molecular weight is 290 g/mol. The summed E-state index contributed by atoms with van der Waals surface area (Å²) in [5.74, 6) is 0. The SMILES string of the molecule is CCNC(c1ccnn1CC)C1(N2CCCC2)CCCC1. The van der Waals surface area contributed by atoms with Crippen LogP contribution in [0, 0.1) is 0 Å². The van der Waals surface area contributed by atoms with Crippen LogP contribution in [0.25, 0.3) is 0 Å². The summed E-state index contributed by atoms with van der Waals surface area (Å²) in [5, 5.41) is 8.34. The predicted molar refractivity (Wildman–Crippen MR) is 86.3 cm³/mol. The molecule has 4 nitrogen and oxygen atoms in total. The number of likely N-dealkylation sites (tertiary alicyclic amines) is 1. The lowest BCUT2D eigenvalue weighted by atomic mass is 9.84. The van der Waals surface area contributed by atoms with E-state index in [1.54, 1.807) is 0 Å². The third kappa shape index (κ3) is 2.64. The highest BCUT2D eigenvalue weighted by molar-refractivity contribution is 5.18. The average Bonchev–Trinajstić information content (AvgIpc) is 3.24. The lowest BCUT2D eigenvalue weighted by Crippen LogP contribution is -2.54. The third-order valence-corrected chi connectivity index (χ3v) is 5.50. The summed E-state index contributed by atoms with van der Waals surface area (Å²) in [6.45, 7) is 8.96. The van der Waals surface area contributed by atoms with Gasteiger partial charge in [-0.3, -0.25) is 9.58 Å². The maximum Gasteiger partial charge on any atom is 0.0678 e. The van der Waals surface area contributed by atoms with Crippen LogP contribution >= 0.6 is 0 Å². The molecule has 4 heteroatoms.